The summed E-state index contributed by atoms with van der Waals surface area (Å²) in [4.78, 5) is 26.4. The number of thiazole rings is 1. The molecule has 0 unspecified atom stereocenters. The van der Waals surface area contributed by atoms with E-state index in [1.807, 2.05) is 0 Å². The molecule has 104 valence electrons. The molecule has 2 aromatic rings. The molecule has 0 atom stereocenters. The number of nitrogen functional groups attached to an aromatic ring is 1. The van der Waals surface area contributed by atoms with Gasteiger partial charge >= 0.3 is 5.69 Å². The van der Waals surface area contributed by atoms with Gasteiger partial charge in [-0.05, 0) is 12.1 Å². The summed E-state index contributed by atoms with van der Waals surface area (Å²) in [5.41, 5.74) is 1.88. The third-order valence-electron chi connectivity index (χ3n) is 2.50. The normalized spacial score (nSPS) is 10.1. The zero-order valence-corrected chi connectivity index (χ0v) is 11.0. The molecule has 0 fully saturated rings. The third-order valence-corrected chi connectivity index (χ3v) is 3.28. The van der Waals surface area contributed by atoms with Crippen molar-refractivity contribution >= 4 is 28.6 Å². The van der Waals surface area contributed by atoms with Crippen molar-refractivity contribution in [3.05, 3.63) is 50.5 Å². The second-order valence-corrected chi connectivity index (χ2v) is 4.69. The monoisotopic (exact) mass is 293 g/mol. The second kappa shape index (κ2) is 6.08. The van der Waals surface area contributed by atoms with Crippen molar-refractivity contribution in [1.29, 1.82) is 0 Å². The van der Waals surface area contributed by atoms with Gasteiger partial charge in [0, 0.05) is 11.6 Å². The highest BCUT2D eigenvalue weighted by Crippen LogP contribution is 2.27. The number of nitrogens with one attached hydrogen (secondary N) is 2. The Bertz CT molecular complexity index is 629. The summed E-state index contributed by atoms with van der Waals surface area (Å²) in [7, 11) is 0. The Hall–Kier alpha value is -2.52. The maximum atomic E-state index is 12.0. The van der Waals surface area contributed by atoms with Crippen molar-refractivity contribution in [3.63, 3.8) is 0 Å². The molecule has 0 aliphatic rings. The quantitative estimate of drug-likeness (QED) is 0.433. The first-order valence-corrected chi connectivity index (χ1v) is 6.42. The molecule has 20 heavy (non-hydrogen) atoms. The van der Waals surface area contributed by atoms with Crippen LogP contribution >= 0.6 is 11.3 Å². The van der Waals surface area contributed by atoms with E-state index in [9.17, 15) is 14.9 Å². The predicted octanol–water partition coefficient (Wildman–Crippen LogP) is 1.27. The highest BCUT2D eigenvalue weighted by Gasteiger charge is 2.24. The van der Waals surface area contributed by atoms with Crippen molar-refractivity contribution in [1.82, 2.24) is 10.3 Å². The van der Waals surface area contributed by atoms with E-state index in [-0.39, 0.29) is 23.5 Å². The number of anilines is 1. The number of benzene rings is 1. The number of aromatic nitrogens is 1. The number of nitrogens with zero attached hydrogens (tertiary/aromatic N) is 2. The zero-order chi connectivity index (χ0) is 14.5. The van der Waals surface area contributed by atoms with Gasteiger partial charge in [-0.15, -0.1) is 11.3 Å². The molecule has 4 N–H and O–H groups in total. The van der Waals surface area contributed by atoms with E-state index in [2.05, 4.69) is 15.7 Å². The Balaban J connectivity index is 2.23. The Morgan fingerprint density at radius 3 is 2.90 bits per heavy atom. The summed E-state index contributed by atoms with van der Waals surface area (Å²) in [6.45, 7) is 0.216. The average Bonchev–Trinajstić information content (AvgIpc) is 2.96. The molecule has 0 aliphatic heterocycles. The molecule has 1 amide bonds. The topological polar surface area (TPSA) is 123 Å². The van der Waals surface area contributed by atoms with Crippen molar-refractivity contribution in [2.75, 3.05) is 5.43 Å². The van der Waals surface area contributed by atoms with Gasteiger partial charge in [0.2, 0.25) is 0 Å². The molecule has 0 radical (unpaired) electrons. The lowest BCUT2D eigenvalue weighted by Gasteiger charge is -2.07. The number of nitro benzene ring substituents is 1. The lowest BCUT2D eigenvalue weighted by atomic mass is 10.1. The van der Waals surface area contributed by atoms with Gasteiger partial charge in [-0.25, -0.2) is 4.98 Å². The molecular weight excluding hydrogens is 282 g/mol. The van der Waals surface area contributed by atoms with E-state index < -0.39 is 10.8 Å². The Morgan fingerprint density at radius 1 is 1.50 bits per heavy atom. The van der Waals surface area contributed by atoms with E-state index in [1.54, 1.807) is 11.6 Å². The van der Waals surface area contributed by atoms with Gasteiger partial charge in [0.15, 0.2) is 0 Å². The van der Waals surface area contributed by atoms with E-state index in [1.165, 1.54) is 29.5 Å². The van der Waals surface area contributed by atoms with Crippen LogP contribution in [0.5, 0.6) is 0 Å². The van der Waals surface area contributed by atoms with Gasteiger partial charge in [0.25, 0.3) is 5.91 Å². The fraction of sp³-hybridized carbons (Fsp3) is 0.0909. The molecule has 9 heteroatoms. The number of hydrogen-bond acceptors (Lipinski definition) is 7. The fourth-order valence-corrected chi connectivity index (χ4v) is 2.19. The highest BCUT2D eigenvalue weighted by molar-refractivity contribution is 7.09. The van der Waals surface area contributed by atoms with Gasteiger partial charge in [0.05, 0.1) is 11.5 Å². The van der Waals surface area contributed by atoms with Crippen LogP contribution in [0.15, 0.2) is 29.8 Å². The number of hydrazine groups is 1. The van der Waals surface area contributed by atoms with Crippen molar-refractivity contribution in [2.45, 2.75) is 6.54 Å². The highest BCUT2D eigenvalue weighted by atomic mass is 32.1. The zero-order valence-electron chi connectivity index (χ0n) is 10.2. The molecule has 0 spiro atoms. The smallest absolute Gasteiger partial charge is 0.306 e. The second-order valence-electron chi connectivity index (χ2n) is 3.71. The number of para-hydroxylation sites is 1. The summed E-state index contributed by atoms with van der Waals surface area (Å²) in [6.07, 6.45) is 1.62. The van der Waals surface area contributed by atoms with Gasteiger partial charge in [-0.3, -0.25) is 20.8 Å². The molecule has 0 saturated heterocycles. The number of hydrogen-bond donors (Lipinski definition) is 3. The standard InChI is InChI=1S/C11H11N5O3S/c12-15-8-3-1-2-7(10(8)16(18)19)11(17)14-6-9-13-4-5-20-9/h1-5,15H,6,12H2,(H,14,17). The third kappa shape index (κ3) is 2.90. The Morgan fingerprint density at radius 2 is 2.30 bits per heavy atom. The minimum atomic E-state index is -0.645. The lowest BCUT2D eigenvalue weighted by Crippen LogP contribution is -2.24. The predicted molar refractivity (Wildman–Crippen MR) is 74.2 cm³/mol. The van der Waals surface area contributed by atoms with Gasteiger partial charge in [0.1, 0.15) is 16.3 Å². The minimum absolute atomic E-state index is 0.0537. The summed E-state index contributed by atoms with van der Waals surface area (Å²) < 4.78 is 0. The number of carbonyl (C=O) groups is 1. The fourth-order valence-electron chi connectivity index (χ4n) is 1.63. The van der Waals surface area contributed by atoms with Crippen molar-refractivity contribution in [2.24, 2.45) is 5.84 Å². The molecule has 1 heterocycles. The van der Waals surface area contributed by atoms with Gasteiger partial charge < -0.3 is 10.7 Å². The number of nitrogens with two attached hydrogens (primary N) is 1. The van der Waals surface area contributed by atoms with Crippen LogP contribution in [-0.4, -0.2) is 15.8 Å². The van der Waals surface area contributed by atoms with Crippen LogP contribution in [0, 0.1) is 10.1 Å². The minimum Gasteiger partial charge on any atom is -0.345 e. The van der Waals surface area contributed by atoms with E-state index in [0.29, 0.717) is 5.01 Å². The Labute approximate surface area is 117 Å². The first-order valence-electron chi connectivity index (χ1n) is 5.54. The first-order chi connectivity index (χ1) is 9.63. The van der Waals surface area contributed by atoms with Crippen LogP contribution < -0.4 is 16.6 Å². The van der Waals surface area contributed by atoms with Crippen LogP contribution in [0.1, 0.15) is 15.4 Å². The van der Waals surface area contributed by atoms with Crippen LogP contribution in [0.4, 0.5) is 11.4 Å². The first kappa shape index (κ1) is 13.9. The lowest BCUT2D eigenvalue weighted by molar-refractivity contribution is -0.384. The van der Waals surface area contributed by atoms with Crippen LogP contribution in [0.25, 0.3) is 0 Å². The summed E-state index contributed by atoms with van der Waals surface area (Å²) in [5, 5.41) is 16.1. The number of nitro groups is 1. The van der Waals surface area contributed by atoms with Crippen molar-refractivity contribution < 1.29 is 9.72 Å². The van der Waals surface area contributed by atoms with Crippen LogP contribution in [0.2, 0.25) is 0 Å². The maximum absolute atomic E-state index is 12.0. The summed E-state index contributed by atoms with van der Waals surface area (Å²) >= 11 is 1.39. The molecular formula is C11H11N5O3S. The SMILES string of the molecule is NNc1cccc(C(=O)NCc2nccs2)c1[N+](=O)[O-]. The van der Waals surface area contributed by atoms with E-state index in [0.717, 1.165) is 0 Å². The number of amides is 1. The van der Waals surface area contributed by atoms with Crippen molar-refractivity contribution in [3.8, 4) is 0 Å². The Kier molecular flexibility index (Phi) is 4.23. The molecule has 1 aromatic heterocycles. The molecule has 8 nitrogen and oxygen atoms in total. The molecule has 0 bridgehead atoms. The molecule has 1 aromatic carbocycles. The molecule has 2 rings (SSSR count). The largest absolute Gasteiger partial charge is 0.345 e. The van der Waals surface area contributed by atoms with Crippen LogP contribution in [-0.2, 0) is 6.54 Å². The van der Waals surface area contributed by atoms with Crippen LogP contribution in [0.3, 0.4) is 0 Å². The summed E-state index contributed by atoms with van der Waals surface area (Å²) in [5.74, 6) is 4.66. The molecule has 0 saturated carbocycles. The number of rotatable bonds is 5. The maximum Gasteiger partial charge on any atom is 0.306 e. The van der Waals surface area contributed by atoms with E-state index >= 15 is 0 Å². The summed E-state index contributed by atoms with van der Waals surface area (Å²) in [6, 6.07) is 4.31. The number of carbonyl (C=O) groups excluding carboxylic acids is 1. The van der Waals surface area contributed by atoms with Gasteiger partial charge in [-0.2, -0.15) is 0 Å². The molecule has 0 aliphatic carbocycles. The van der Waals surface area contributed by atoms with Gasteiger partial charge in [-0.1, -0.05) is 6.07 Å². The average molecular weight is 293 g/mol. The van der Waals surface area contributed by atoms with E-state index in [4.69, 9.17) is 5.84 Å².